The first-order valence-corrected chi connectivity index (χ1v) is 13.9. The van der Waals surface area contributed by atoms with Crippen LogP contribution in [-0.2, 0) is 9.53 Å². The Bertz CT molecular complexity index is 1620. The van der Waals surface area contributed by atoms with E-state index in [9.17, 15) is 9.59 Å². The van der Waals surface area contributed by atoms with Crippen LogP contribution in [0, 0.1) is 6.92 Å². The normalized spacial score (nSPS) is 15.4. The van der Waals surface area contributed by atoms with E-state index in [2.05, 4.69) is 40.8 Å². The second-order valence-electron chi connectivity index (χ2n) is 9.30. The van der Waals surface area contributed by atoms with Crippen molar-refractivity contribution in [2.45, 2.75) is 46.6 Å². The number of hydrogen-bond acceptors (Lipinski definition) is 7. The van der Waals surface area contributed by atoms with Gasteiger partial charge in [0.25, 0.3) is 5.56 Å². The molecule has 4 rings (SSSR count). The lowest BCUT2D eigenvalue weighted by Gasteiger charge is -2.25. The molecule has 0 unspecified atom stereocenters. The van der Waals surface area contributed by atoms with Gasteiger partial charge >= 0.3 is 5.97 Å². The molecule has 0 radical (unpaired) electrons. The fourth-order valence-corrected chi connectivity index (χ4v) is 6.20. The van der Waals surface area contributed by atoms with Gasteiger partial charge in [0.1, 0.15) is 11.5 Å². The van der Waals surface area contributed by atoms with E-state index in [1.165, 1.54) is 11.3 Å². The fourth-order valence-electron chi connectivity index (χ4n) is 4.60. The number of allylic oxidation sites excluding steroid dienone is 1. The summed E-state index contributed by atoms with van der Waals surface area (Å²) in [6, 6.07) is 8.90. The van der Waals surface area contributed by atoms with Crippen LogP contribution in [0.3, 0.4) is 0 Å². The van der Waals surface area contributed by atoms with Crippen LogP contribution >= 0.6 is 27.3 Å². The molecule has 9 heteroatoms. The molecule has 38 heavy (non-hydrogen) atoms. The van der Waals surface area contributed by atoms with Gasteiger partial charge in [0.2, 0.25) is 0 Å². The summed E-state index contributed by atoms with van der Waals surface area (Å²) in [6.45, 7) is 9.96. The van der Waals surface area contributed by atoms with Crippen LogP contribution in [0.4, 0.5) is 0 Å². The summed E-state index contributed by atoms with van der Waals surface area (Å²) in [5.74, 6) is 1.24. The number of rotatable bonds is 7. The Labute approximate surface area is 234 Å². The molecule has 1 aliphatic rings. The number of carbonyl (C=O) groups is 1. The van der Waals surface area contributed by atoms with Crippen LogP contribution < -0.4 is 24.4 Å². The molecule has 2 heterocycles. The summed E-state index contributed by atoms with van der Waals surface area (Å²) >= 11 is 4.85. The van der Waals surface area contributed by atoms with Gasteiger partial charge in [-0.15, -0.1) is 0 Å². The fraction of sp³-hybridized carbons (Fsp3) is 0.345. The molecule has 0 amide bonds. The molecule has 0 saturated heterocycles. The van der Waals surface area contributed by atoms with Crippen LogP contribution in [0.25, 0.3) is 6.08 Å². The largest absolute Gasteiger partial charge is 0.496 e. The van der Waals surface area contributed by atoms with Gasteiger partial charge in [-0.2, -0.15) is 0 Å². The first kappa shape index (κ1) is 27.9. The first-order chi connectivity index (χ1) is 18.1. The van der Waals surface area contributed by atoms with E-state index in [0.717, 1.165) is 28.0 Å². The van der Waals surface area contributed by atoms with Crippen LogP contribution in [0.2, 0.25) is 0 Å². The number of aromatic nitrogens is 1. The first-order valence-electron chi connectivity index (χ1n) is 12.3. The number of fused-ring (bicyclic) bond motifs is 1. The maximum absolute atomic E-state index is 13.9. The van der Waals surface area contributed by atoms with Gasteiger partial charge in [-0.1, -0.05) is 31.3 Å². The van der Waals surface area contributed by atoms with Crippen molar-refractivity contribution in [1.29, 1.82) is 0 Å². The number of carbonyl (C=O) groups excluding carboxylic acids is 1. The van der Waals surface area contributed by atoms with E-state index < -0.39 is 12.0 Å². The molecule has 7 nitrogen and oxygen atoms in total. The highest BCUT2D eigenvalue weighted by atomic mass is 79.9. The lowest BCUT2D eigenvalue weighted by Crippen LogP contribution is -2.40. The van der Waals surface area contributed by atoms with Gasteiger partial charge in [0, 0.05) is 0 Å². The van der Waals surface area contributed by atoms with Gasteiger partial charge in [0.05, 0.1) is 47.1 Å². The number of esters is 1. The third-order valence-corrected chi connectivity index (χ3v) is 8.14. The molecule has 1 aliphatic heterocycles. The summed E-state index contributed by atoms with van der Waals surface area (Å²) < 4.78 is 19.2. The zero-order valence-corrected chi connectivity index (χ0v) is 25.0. The Morgan fingerprint density at radius 1 is 1.16 bits per heavy atom. The maximum Gasteiger partial charge on any atom is 0.338 e. The van der Waals surface area contributed by atoms with Gasteiger partial charge in [-0.3, -0.25) is 9.36 Å². The number of hydrogen-bond donors (Lipinski definition) is 0. The van der Waals surface area contributed by atoms with Crippen LogP contribution in [0.15, 0.2) is 55.9 Å². The average molecular weight is 600 g/mol. The van der Waals surface area contributed by atoms with Gasteiger partial charge < -0.3 is 14.2 Å². The number of aryl methyl sites for hydroxylation is 1. The third-order valence-electron chi connectivity index (χ3n) is 6.54. The number of thiazole rings is 1. The number of ether oxygens (including phenoxy) is 3. The molecule has 1 aromatic heterocycles. The second kappa shape index (κ2) is 11.3. The van der Waals surface area contributed by atoms with E-state index in [4.69, 9.17) is 14.2 Å². The monoisotopic (exact) mass is 598 g/mol. The molecule has 0 fully saturated rings. The molecule has 200 valence electrons. The van der Waals surface area contributed by atoms with E-state index in [-0.39, 0.29) is 18.1 Å². The standard InChI is InChI=1S/C29H31BrN2O5S/c1-8-37-28(34)25-17(5)31-29-32(26(25)18-9-10-22(35-6)21(30)13-18)27(33)24(38-29)14-19-12-20(15(2)3)23(36-7)11-16(19)4/h9-15,26H,8H2,1-7H3/b24-14+/t26-/m0/s1. The zero-order valence-electron chi connectivity index (χ0n) is 22.5. The quantitative estimate of drug-likeness (QED) is 0.357. The van der Waals surface area contributed by atoms with E-state index in [0.29, 0.717) is 30.8 Å². The Hall–Kier alpha value is -3.17. The van der Waals surface area contributed by atoms with Crippen molar-refractivity contribution in [3.05, 3.63) is 88.0 Å². The third kappa shape index (κ3) is 5.09. The highest BCUT2D eigenvalue weighted by molar-refractivity contribution is 9.10. The van der Waals surface area contributed by atoms with Crippen molar-refractivity contribution in [3.8, 4) is 11.5 Å². The number of benzene rings is 2. The molecule has 1 atom stereocenters. The summed E-state index contributed by atoms with van der Waals surface area (Å²) in [5, 5.41) is 0. The minimum atomic E-state index is -0.696. The van der Waals surface area contributed by atoms with Gasteiger partial charge in [-0.05, 0) is 95.2 Å². The van der Waals surface area contributed by atoms with Crippen molar-refractivity contribution in [1.82, 2.24) is 4.57 Å². The molecule has 3 aromatic rings. The van der Waals surface area contributed by atoms with Gasteiger partial charge in [-0.25, -0.2) is 9.79 Å². The highest BCUT2D eigenvalue weighted by Crippen LogP contribution is 2.35. The molecular weight excluding hydrogens is 568 g/mol. The van der Waals surface area contributed by atoms with E-state index in [1.807, 2.05) is 37.3 Å². The molecular formula is C29H31BrN2O5S. The van der Waals surface area contributed by atoms with Crippen molar-refractivity contribution in [2.24, 2.45) is 4.99 Å². The highest BCUT2D eigenvalue weighted by Gasteiger charge is 2.33. The number of halogens is 1. The molecule has 0 saturated carbocycles. The van der Waals surface area contributed by atoms with E-state index >= 15 is 0 Å². The molecule has 0 bridgehead atoms. The smallest absolute Gasteiger partial charge is 0.338 e. The van der Waals surface area contributed by atoms with Crippen molar-refractivity contribution < 1.29 is 19.0 Å². The average Bonchev–Trinajstić information content (AvgIpc) is 3.18. The topological polar surface area (TPSA) is 79.1 Å². The summed E-state index contributed by atoms with van der Waals surface area (Å²) in [4.78, 5) is 32.3. The number of nitrogens with zero attached hydrogens (tertiary/aromatic N) is 2. The number of methoxy groups -OCH3 is 2. The molecule has 0 aliphatic carbocycles. The summed E-state index contributed by atoms with van der Waals surface area (Å²) in [7, 11) is 3.25. The predicted molar refractivity (Wildman–Crippen MR) is 153 cm³/mol. The SMILES string of the molecule is CCOC(=O)C1=C(C)N=c2s/c(=C/c3cc(C(C)C)c(OC)cc3C)c(=O)n2[C@H]1c1ccc(OC)c(Br)c1. The Morgan fingerprint density at radius 2 is 1.87 bits per heavy atom. The van der Waals surface area contributed by atoms with Crippen LogP contribution in [0.5, 0.6) is 11.5 Å². The summed E-state index contributed by atoms with van der Waals surface area (Å²) in [5.41, 5.74) is 4.38. The Morgan fingerprint density at radius 3 is 2.47 bits per heavy atom. The summed E-state index contributed by atoms with van der Waals surface area (Å²) in [6.07, 6.45) is 1.90. The van der Waals surface area contributed by atoms with Crippen LogP contribution in [0.1, 0.15) is 61.9 Å². The molecule has 0 N–H and O–H groups in total. The zero-order chi connectivity index (χ0) is 27.7. The lowest BCUT2D eigenvalue weighted by molar-refractivity contribution is -0.139. The Kier molecular flexibility index (Phi) is 8.28. The predicted octanol–water partition coefficient (Wildman–Crippen LogP) is 5.01. The van der Waals surface area contributed by atoms with Crippen molar-refractivity contribution in [2.75, 3.05) is 20.8 Å². The van der Waals surface area contributed by atoms with Crippen molar-refractivity contribution in [3.63, 3.8) is 0 Å². The minimum absolute atomic E-state index is 0.216. The second-order valence-corrected chi connectivity index (χ2v) is 11.2. The maximum atomic E-state index is 13.9. The lowest BCUT2D eigenvalue weighted by atomic mass is 9.95. The van der Waals surface area contributed by atoms with Gasteiger partial charge in [0.15, 0.2) is 4.80 Å². The van der Waals surface area contributed by atoms with E-state index in [1.54, 1.807) is 32.6 Å². The van der Waals surface area contributed by atoms with Crippen LogP contribution in [-0.4, -0.2) is 31.4 Å². The Balaban J connectivity index is 1.97. The minimum Gasteiger partial charge on any atom is -0.496 e. The molecule has 0 spiro atoms. The van der Waals surface area contributed by atoms with Crippen molar-refractivity contribution >= 4 is 39.3 Å². The molecule has 2 aromatic carbocycles.